The second kappa shape index (κ2) is 7.07. The second-order valence-corrected chi connectivity index (χ2v) is 4.80. The van der Waals surface area contributed by atoms with E-state index in [1.165, 1.54) is 19.2 Å². The Morgan fingerprint density at radius 2 is 1.76 bits per heavy atom. The Morgan fingerprint density at radius 3 is 2.28 bits per heavy atom. The highest BCUT2D eigenvalue weighted by Gasteiger charge is 2.30. The van der Waals surface area contributed by atoms with Crippen molar-refractivity contribution in [3.05, 3.63) is 58.1 Å². The van der Waals surface area contributed by atoms with Crippen LogP contribution in [0.4, 0.5) is 35.0 Å². The van der Waals surface area contributed by atoms with Crippen molar-refractivity contribution < 1.29 is 27.6 Å². The zero-order chi connectivity index (χ0) is 18.6. The predicted octanol–water partition coefficient (Wildman–Crippen LogP) is 4.27. The first-order valence-corrected chi connectivity index (χ1v) is 6.78. The first kappa shape index (κ1) is 18.0. The van der Waals surface area contributed by atoms with Crippen LogP contribution in [0.15, 0.2) is 42.5 Å². The molecule has 2 aromatic rings. The minimum absolute atomic E-state index is 0.0665. The summed E-state index contributed by atoms with van der Waals surface area (Å²) in [7, 11) is 1.28. The maximum Gasteiger partial charge on any atom is 0.416 e. The van der Waals surface area contributed by atoms with Crippen LogP contribution in [0.1, 0.15) is 5.56 Å². The number of nitrogens with zero attached hydrogens (tertiary/aromatic N) is 1. The Hall–Kier alpha value is -3.30. The lowest BCUT2D eigenvalue weighted by atomic mass is 10.2. The fourth-order valence-electron chi connectivity index (χ4n) is 1.92. The molecule has 0 aromatic heterocycles. The Labute approximate surface area is 139 Å². The molecule has 0 atom stereocenters. The molecule has 0 radical (unpaired) electrons. The zero-order valence-corrected chi connectivity index (χ0v) is 12.8. The Kier molecular flexibility index (Phi) is 5.11. The third kappa shape index (κ3) is 4.59. The monoisotopic (exact) mass is 355 g/mol. The molecule has 25 heavy (non-hydrogen) atoms. The van der Waals surface area contributed by atoms with Crippen molar-refractivity contribution in [2.45, 2.75) is 6.18 Å². The number of rotatable bonds is 4. The third-order valence-electron chi connectivity index (χ3n) is 3.11. The molecule has 2 N–H and O–H groups in total. The van der Waals surface area contributed by atoms with Crippen LogP contribution in [0.2, 0.25) is 0 Å². The number of carbonyl (C=O) groups is 1. The first-order chi connectivity index (χ1) is 11.7. The lowest BCUT2D eigenvalue weighted by Crippen LogP contribution is -2.20. The number of anilines is 2. The number of amides is 2. The fourth-order valence-corrected chi connectivity index (χ4v) is 1.92. The maximum atomic E-state index is 12.5. The Morgan fingerprint density at radius 1 is 1.12 bits per heavy atom. The summed E-state index contributed by atoms with van der Waals surface area (Å²) in [5.41, 5.74) is -0.745. The molecule has 2 amide bonds. The summed E-state index contributed by atoms with van der Waals surface area (Å²) < 4.78 is 42.4. The van der Waals surface area contributed by atoms with Gasteiger partial charge in [0.2, 0.25) is 0 Å². The average Bonchev–Trinajstić information content (AvgIpc) is 2.54. The van der Waals surface area contributed by atoms with E-state index in [1.54, 1.807) is 0 Å². The molecule has 0 heterocycles. The van der Waals surface area contributed by atoms with Gasteiger partial charge < -0.3 is 15.4 Å². The number of ether oxygens (including phenoxy) is 1. The first-order valence-electron chi connectivity index (χ1n) is 6.78. The summed E-state index contributed by atoms with van der Waals surface area (Å²) in [4.78, 5) is 22.0. The van der Waals surface area contributed by atoms with Crippen molar-refractivity contribution in [2.75, 3.05) is 17.7 Å². The molecule has 0 bridgehead atoms. The molecule has 0 aliphatic heterocycles. The van der Waals surface area contributed by atoms with E-state index in [4.69, 9.17) is 4.74 Å². The van der Waals surface area contributed by atoms with Gasteiger partial charge in [0.25, 0.3) is 5.69 Å². The number of halogens is 3. The van der Waals surface area contributed by atoms with Crippen LogP contribution < -0.4 is 15.4 Å². The molecular formula is C15H12F3N3O4. The van der Waals surface area contributed by atoms with Crippen molar-refractivity contribution in [1.29, 1.82) is 0 Å². The van der Waals surface area contributed by atoms with Gasteiger partial charge in [-0.05, 0) is 30.3 Å². The van der Waals surface area contributed by atoms with Gasteiger partial charge in [0.15, 0.2) is 0 Å². The number of alkyl halides is 3. The number of nitro groups is 1. The topological polar surface area (TPSA) is 93.5 Å². The fraction of sp³-hybridized carbons (Fsp3) is 0.133. The van der Waals surface area contributed by atoms with E-state index in [-0.39, 0.29) is 22.8 Å². The van der Waals surface area contributed by atoms with E-state index in [1.807, 2.05) is 0 Å². The molecule has 10 heteroatoms. The minimum Gasteiger partial charge on any atom is -0.494 e. The summed E-state index contributed by atoms with van der Waals surface area (Å²) in [5, 5.41) is 15.5. The van der Waals surface area contributed by atoms with Gasteiger partial charge in [0.1, 0.15) is 5.75 Å². The minimum atomic E-state index is -4.47. The van der Waals surface area contributed by atoms with Gasteiger partial charge in [-0.3, -0.25) is 10.1 Å². The molecule has 0 fully saturated rings. The standard InChI is InChI=1S/C15H12F3N3O4/c1-25-13-8-11(21(23)24)6-7-12(13)20-14(22)19-10-4-2-9(3-5-10)15(16,17)18/h2-8H,1H3,(H2,19,20,22). The maximum absolute atomic E-state index is 12.5. The molecule has 0 spiro atoms. The second-order valence-electron chi connectivity index (χ2n) is 4.80. The van der Waals surface area contributed by atoms with Gasteiger partial charge >= 0.3 is 12.2 Å². The molecule has 132 valence electrons. The third-order valence-corrected chi connectivity index (χ3v) is 3.11. The van der Waals surface area contributed by atoms with Crippen molar-refractivity contribution >= 4 is 23.1 Å². The molecular weight excluding hydrogens is 343 g/mol. The van der Waals surface area contributed by atoms with E-state index in [2.05, 4.69) is 10.6 Å². The number of nitrogens with one attached hydrogen (secondary N) is 2. The van der Waals surface area contributed by atoms with Crippen LogP contribution >= 0.6 is 0 Å². The van der Waals surface area contributed by atoms with Crippen molar-refractivity contribution in [3.63, 3.8) is 0 Å². The largest absolute Gasteiger partial charge is 0.494 e. The van der Waals surface area contributed by atoms with Crippen LogP contribution in [-0.2, 0) is 6.18 Å². The molecule has 7 nitrogen and oxygen atoms in total. The summed E-state index contributed by atoms with van der Waals surface area (Å²) in [6, 6.07) is 6.73. The summed E-state index contributed by atoms with van der Waals surface area (Å²) >= 11 is 0. The molecule has 2 rings (SSSR count). The van der Waals surface area contributed by atoms with Crippen LogP contribution in [0, 0.1) is 10.1 Å². The normalized spacial score (nSPS) is 10.9. The number of methoxy groups -OCH3 is 1. The Balaban J connectivity index is 2.08. The molecule has 0 unspecified atom stereocenters. The number of hydrogen-bond donors (Lipinski definition) is 2. The average molecular weight is 355 g/mol. The SMILES string of the molecule is COc1cc([N+](=O)[O-])ccc1NC(=O)Nc1ccc(C(F)(F)F)cc1. The van der Waals surface area contributed by atoms with Crippen molar-refractivity contribution in [3.8, 4) is 5.75 Å². The van der Waals surface area contributed by atoms with E-state index >= 15 is 0 Å². The van der Waals surface area contributed by atoms with Gasteiger partial charge in [-0.1, -0.05) is 0 Å². The number of nitro benzene ring substituents is 1. The smallest absolute Gasteiger partial charge is 0.416 e. The van der Waals surface area contributed by atoms with E-state index in [0.29, 0.717) is 0 Å². The molecule has 2 aromatic carbocycles. The lowest BCUT2D eigenvalue weighted by Gasteiger charge is -2.12. The van der Waals surface area contributed by atoms with Gasteiger partial charge in [-0.25, -0.2) is 4.79 Å². The predicted molar refractivity (Wildman–Crippen MR) is 83.7 cm³/mol. The van der Waals surface area contributed by atoms with Gasteiger partial charge in [0, 0.05) is 11.8 Å². The summed E-state index contributed by atoms with van der Waals surface area (Å²) in [6.45, 7) is 0. The summed E-state index contributed by atoms with van der Waals surface area (Å²) in [6.07, 6.45) is -4.47. The molecule has 0 aliphatic carbocycles. The Bertz CT molecular complexity index is 792. The van der Waals surface area contributed by atoms with Crippen LogP contribution in [0.25, 0.3) is 0 Å². The molecule has 0 aliphatic rings. The van der Waals surface area contributed by atoms with E-state index in [0.717, 1.165) is 30.3 Å². The summed E-state index contributed by atoms with van der Waals surface area (Å²) in [5.74, 6) is 0.0665. The highest BCUT2D eigenvalue weighted by atomic mass is 19.4. The molecule has 0 saturated heterocycles. The van der Waals surface area contributed by atoms with Crippen LogP contribution in [0.3, 0.4) is 0 Å². The number of carbonyl (C=O) groups excluding carboxylic acids is 1. The van der Waals surface area contributed by atoms with E-state index < -0.39 is 22.7 Å². The number of non-ortho nitro benzene ring substituents is 1. The van der Waals surface area contributed by atoms with Crippen LogP contribution in [0.5, 0.6) is 5.75 Å². The quantitative estimate of drug-likeness (QED) is 0.633. The van der Waals surface area contributed by atoms with Gasteiger partial charge in [0.05, 0.1) is 29.4 Å². The van der Waals surface area contributed by atoms with E-state index in [9.17, 15) is 28.1 Å². The lowest BCUT2D eigenvalue weighted by molar-refractivity contribution is -0.384. The number of benzene rings is 2. The van der Waals surface area contributed by atoms with Gasteiger partial charge in [-0.2, -0.15) is 13.2 Å². The number of hydrogen-bond acceptors (Lipinski definition) is 4. The van der Waals surface area contributed by atoms with Crippen molar-refractivity contribution in [1.82, 2.24) is 0 Å². The van der Waals surface area contributed by atoms with Crippen molar-refractivity contribution in [2.24, 2.45) is 0 Å². The van der Waals surface area contributed by atoms with Gasteiger partial charge in [-0.15, -0.1) is 0 Å². The zero-order valence-electron chi connectivity index (χ0n) is 12.8. The highest BCUT2D eigenvalue weighted by molar-refractivity contribution is 6.00. The molecule has 0 saturated carbocycles. The number of urea groups is 1. The van der Waals surface area contributed by atoms with Crippen LogP contribution in [-0.4, -0.2) is 18.1 Å². The highest BCUT2D eigenvalue weighted by Crippen LogP contribution is 2.31.